The van der Waals surface area contributed by atoms with E-state index in [2.05, 4.69) is 36.0 Å². The first-order valence-corrected chi connectivity index (χ1v) is 15.0. The van der Waals surface area contributed by atoms with Gasteiger partial charge in [0.2, 0.25) is 0 Å². The van der Waals surface area contributed by atoms with E-state index in [9.17, 15) is 23.7 Å². The number of anilines is 1. The average Bonchev–Trinajstić information content (AvgIpc) is 2.99. The Kier molecular flexibility index (Phi) is 15.3. The summed E-state index contributed by atoms with van der Waals surface area (Å²) in [5, 5.41) is 20.8. The molecule has 10 heteroatoms. The number of ether oxygens (including phenoxy) is 2. The lowest BCUT2D eigenvalue weighted by Gasteiger charge is -2.36. The van der Waals surface area contributed by atoms with Crippen molar-refractivity contribution in [2.24, 2.45) is 0 Å². The highest BCUT2D eigenvalue weighted by atomic mass is 32.2. The Hall–Kier alpha value is -3.73. The Morgan fingerprint density at radius 2 is 1.76 bits per heavy atom. The molecule has 1 saturated heterocycles. The summed E-state index contributed by atoms with van der Waals surface area (Å²) in [4.78, 5) is 6.40. The molecule has 1 fully saturated rings. The van der Waals surface area contributed by atoms with Crippen molar-refractivity contribution in [2.75, 3.05) is 37.0 Å². The number of hydrogen-bond donors (Lipinski definition) is 0. The number of aromatic nitrogens is 1. The summed E-state index contributed by atoms with van der Waals surface area (Å²) in [7, 11) is 0. The summed E-state index contributed by atoms with van der Waals surface area (Å²) < 4.78 is 47.8. The predicted octanol–water partition coefficient (Wildman–Crippen LogP) is 8.25. The second-order valence-electron chi connectivity index (χ2n) is 8.77. The SMILES string of the molecule is CC.CC/C=C(/C=C\C=C\CC)CSc1nc(N2CC(F)C2)c(C#N)c(-c2ccc(OCCOC(F)F)cc2)c1C#N. The number of nitriles is 2. The maximum Gasteiger partial charge on any atom is 0.345 e. The van der Waals surface area contributed by atoms with E-state index in [-0.39, 0.29) is 37.4 Å². The molecule has 1 aliphatic rings. The molecule has 0 N–H and O–H groups in total. The van der Waals surface area contributed by atoms with Crippen molar-refractivity contribution in [1.82, 2.24) is 4.98 Å². The molecule has 0 aliphatic carbocycles. The fourth-order valence-electron chi connectivity index (χ4n) is 3.98. The Labute approximate surface area is 251 Å². The van der Waals surface area contributed by atoms with Gasteiger partial charge in [0.05, 0.1) is 25.3 Å². The van der Waals surface area contributed by atoms with Gasteiger partial charge in [0.1, 0.15) is 47.1 Å². The lowest BCUT2D eigenvalue weighted by molar-refractivity contribution is -0.133. The van der Waals surface area contributed by atoms with Gasteiger partial charge in [-0.3, -0.25) is 0 Å². The van der Waals surface area contributed by atoms with Crippen molar-refractivity contribution < 1.29 is 22.6 Å². The van der Waals surface area contributed by atoms with Gasteiger partial charge in [0.15, 0.2) is 0 Å². The third-order valence-electron chi connectivity index (χ3n) is 5.88. The molecule has 3 rings (SSSR count). The summed E-state index contributed by atoms with van der Waals surface area (Å²) in [6.07, 6.45) is 10.9. The minimum Gasteiger partial charge on any atom is -0.491 e. The van der Waals surface area contributed by atoms with Crippen LogP contribution in [-0.2, 0) is 4.74 Å². The van der Waals surface area contributed by atoms with Crippen LogP contribution in [0.25, 0.3) is 11.1 Å². The van der Waals surface area contributed by atoms with Crippen LogP contribution >= 0.6 is 11.8 Å². The molecule has 0 spiro atoms. The first kappa shape index (κ1) is 34.5. The predicted molar refractivity (Wildman–Crippen MR) is 163 cm³/mol. The molecular weight excluding hydrogens is 561 g/mol. The van der Waals surface area contributed by atoms with Crippen molar-refractivity contribution in [3.8, 4) is 29.0 Å². The van der Waals surface area contributed by atoms with Crippen LogP contribution in [-0.4, -0.2) is 49.8 Å². The average molecular weight is 599 g/mol. The second-order valence-corrected chi connectivity index (χ2v) is 9.73. The highest BCUT2D eigenvalue weighted by Crippen LogP contribution is 2.40. The van der Waals surface area contributed by atoms with Gasteiger partial charge in [0.25, 0.3) is 0 Å². The van der Waals surface area contributed by atoms with Crippen LogP contribution in [0, 0.1) is 22.7 Å². The number of allylic oxidation sites excluding steroid dienone is 5. The van der Waals surface area contributed by atoms with Crippen molar-refractivity contribution in [3.63, 3.8) is 0 Å². The molecule has 0 unspecified atom stereocenters. The van der Waals surface area contributed by atoms with Gasteiger partial charge in [-0.15, -0.1) is 11.8 Å². The van der Waals surface area contributed by atoms with Crippen LogP contribution in [0.2, 0.25) is 0 Å². The topological polar surface area (TPSA) is 82.2 Å². The molecule has 0 amide bonds. The van der Waals surface area contributed by atoms with Gasteiger partial charge in [0, 0.05) is 11.3 Å². The van der Waals surface area contributed by atoms with E-state index in [0.717, 1.165) is 18.4 Å². The molecule has 42 heavy (non-hydrogen) atoms. The normalized spacial score (nSPS) is 13.6. The summed E-state index contributed by atoms with van der Waals surface area (Å²) in [5.41, 5.74) is 2.51. The number of hydrogen-bond acceptors (Lipinski definition) is 7. The van der Waals surface area contributed by atoms with Crippen LogP contribution in [0.3, 0.4) is 0 Å². The fourth-order valence-corrected chi connectivity index (χ4v) is 4.94. The van der Waals surface area contributed by atoms with Crippen LogP contribution in [0.1, 0.15) is 51.7 Å². The molecular formula is C32H37F3N4O2S. The van der Waals surface area contributed by atoms with Gasteiger partial charge < -0.3 is 14.4 Å². The zero-order valence-corrected chi connectivity index (χ0v) is 25.3. The number of pyridine rings is 1. The number of nitrogens with zero attached hydrogens (tertiary/aromatic N) is 4. The van der Waals surface area contributed by atoms with Crippen LogP contribution < -0.4 is 9.64 Å². The third-order valence-corrected chi connectivity index (χ3v) is 6.93. The van der Waals surface area contributed by atoms with Crippen molar-refractivity contribution in [2.45, 2.75) is 58.3 Å². The zero-order chi connectivity index (χ0) is 30.9. The molecule has 0 saturated carbocycles. The molecule has 2 heterocycles. The van der Waals surface area contributed by atoms with Crippen LogP contribution in [0.4, 0.5) is 19.0 Å². The molecule has 224 valence electrons. The lowest BCUT2D eigenvalue weighted by Crippen LogP contribution is -2.49. The monoisotopic (exact) mass is 598 g/mol. The highest BCUT2D eigenvalue weighted by Gasteiger charge is 2.32. The van der Waals surface area contributed by atoms with E-state index in [4.69, 9.17) is 9.72 Å². The Bertz CT molecular complexity index is 1310. The number of alkyl halides is 3. The largest absolute Gasteiger partial charge is 0.491 e. The lowest BCUT2D eigenvalue weighted by atomic mass is 9.95. The molecule has 6 nitrogen and oxygen atoms in total. The third kappa shape index (κ3) is 9.97. The van der Waals surface area contributed by atoms with Crippen molar-refractivity contribution in [3.05, 3.63) is 71.3 Å². The van der Waals surface area contributed by atoms with E-state index in [1.807, 2.05) is 39.0 Å². The molecule has 1 aromatic heterocycles. The molecule has 1 aliphatic heterocycles. The summed E-state index contributed by atoms with van der Waals surface area (Å²) in [6.45, 7) is 5.16. The van der Waals surface area contributed by atoms with Crippen molar-refractivity contribution in [1.29, 1.82) is 10.5 Å². The Morgan fingerprint density at radius 1 is 1.07 bits per heavy atom. The Morgan fingerprint density at radius 3 is 2.33 bits per heavy atom. The molecule has 0 bridgehead atoms. The van der Waals surface area contributed by atoms with E-state index in [1.165, 1.54) is 11.8 Å². The summed E-state index contributed by atoms with van der Waals surface area (Å²) in [6, 6.07) is 11.1. The van der Waals surface area contributed by atoms with Gasteiger partial charge in [-0.1, -0.05) is 70.2 Å². The number of halogens is 3. The number of thioether (sulfide) groups is 1. The van der Waals surface area contributed by atoms with E-state index in [0.29, 0.717) is 33.5 Å². The quantitative estimate of drug-likeness (QED) is 0.123. The fraction of sp³-hybridized carbons (Fsp3) is 0.406. The van der Waals surface area contributed by atoms with E-state index in [1.54, 1.807) is 29.2 Å². The Balaban J connectivity index is 0.00000301. The second kappa shape index (κ2) is 18.7. The van der Waals surface area contributed by atoms with Gasteiger partial charge >= 0.3 is 6.61 Å². The summed E-state index contributed by atoms with van der Waals surface area (Å²) in [5.74, 6) is 1.32. The van der Waals surface area contributed by atoms with Gasteiger partial charge in [-0.2, -0.15) is 19.3 Å². The van der Waals surface area contributed by atoms with Crippen LogP contribution in [0.5, 0.6) is 5.75 Å². The van der Waals surface area contributed by atoms with E-state index >= 15 is 0 Å². The first-order chi connectivity index (χ1) is 20.4. The number of benzene rings is 1. The zero-order valence-electron chi connectivity index (χ0n) is 24.4. The van der Waals surface area contributed by atoms with Gasteiger partial charge in [-0.05, 0) is 36.1 Å². The minimum absolute atomic E-state index is 0.0631. The maximum atomic E-state index is 13.8. The molecule has 0 radical (unpaired) electrons. The molecule has 1 aromatic carbocycles. The number of rotatable bonds is 14. The minimum atomic E-state index is -2.87. The highest BCUT2D eigenvalue weighted by molar-refractivity contribution is 7.99. The van der Waals surface area contributed by atoms with Crippen LogP contribution in [0.15, 0.2) is 65.2 Å². The smallest absolute Gasteiger partial charge is 0.345 e. The van der Waals surface area contributed by atoms with Crippen molar-refractivity contribution >= 4 is 17.6 Å². The van der Waals surface area contributed by atoms with E-state index < -0.39 is 12.8 Å². The van der Waals surface area contributed by atoms with Gasteiger partial charge in [-0.25, -0.2) is 9.37 Å². The first-order valence-electron chi connectivity index (χ1n) is 14.0. The molecule has 2 aromatic rings. The summed E-state index contributed by atoms with van der Waals surface area (Å²) >= 11 is 1.39. The standard InChI is InChI=1S/C30H31F3N4O2S.C2H6/c1-3-5-6-7-9-21(8-4-2)20-40-29-26(17-35)27(25(16-34)28(36-29)37-18-23(31)19-37)22-10-12-24(13-11-22)38-14-15-39-30(32)33;1-2/h5-13,23,30H,3-4,14-15,18-20H2,1-2H3;1-2H3/b6-5+,9-7-,21-8-;. The molecule has 0 atom stereocenters. The maximum absolute atomic E-state index is 13.8.